The molecule has 0 unspecified atom stereocenters. The summed E-state index contributed by atoms with van der Waals surface area (Å²) < 4.78 is 5.49. The molecule has 7 heteroatoms. The minimum atomic E-state index is 0.429. The van der Waals surface area contributed by atoms with Gasteiger partial charge >= 0.3 is 0 Å². The minimum Gasteiger partial charge on any atom is -0.356 e. The van der Waals surface area contributed by atoms with E-state index in [4.69, 9.17) is 4.52 Å². The second-order valence-electron chi connectivity index (χ2n) is 6.31. The number of rotatable bonds is 4. The van der Waals surface area contributed by atoms with E-state index in [0.717, 1.165) is 11.4 Å². The standard InChI is InChI=1S/C18H20N6O/c1-24(13-7-3-2-4-8-13)17-14(9-5-11-19-17)18-21-16(23-25-18)15-10-6-12-20-22-15/h5-6,9-13H,2-4,7-8H2,1H3. The Balaban J connectivity index is 1.66. The maximum Gasteiger partial charge on any atom is 0.262 e. The van der Waals surface area contributed by atoms with E-state index in [2.05, 4.69) is 37.3 Å². The molecule has 0 N–H and O–H groups in total. The first kappa shape index (κ1) is 15.7. The van der Waals surface area contributed by atoms with Crippen LogP contribution in [-0.4, -0.2) is 38.4 Å². The van der Waals surface area contributed by atoms with Crippen molar-refractivity contribution in [3.05, 3.63) is 36.7 Å². The summed E-state index contributed by atoms with van der Waals surface area (Å²) in [5.41, 5.74) is 1.43. The van der Waals surface area contributed by atoms with Crippen LogP contribution in [0.15, 0.2) is 41.2 Å². The summed E-state index contributed by atoms with van der Waals surface area (Å²) in [5, 5.41) is 11.9. The topological polar surface area (TPSA) is 80.8 Å². The van der Waals surface area contributed by atoms with Crippen molar-refractivity contribution >= 4 is 5.82 Å². The summed E-state index contributed by atoms with van der Waals surface area (Å²) in [7, 11) is 2.10. The van der Waals surface area contributed by atoms with E-state index in [1.807, 2.05) is 12.1 Å². The Morgan fingerprint density at radius 2 is 1.92 bits per heavy atom. The van der Waals surface area contributed by atoms with Crippen LogP contribution in [0.2, 0.25) is 0 Å². The van der Waals surface area contributed by atoms with Crippen LogP contribution in [0, 0.1) is 0 Å². The molecule has 1 saturated carbocycles. The lowest BCUT2D eigenvalue weighted by molar-refractivity contribution is 0.422. The van der Waals surface area contributed by atoms with E-state index >= 15 is 0 Å². The summed E-state index contributed by atoms with van der Waals surface area (Å²) in [6, 6.07) is 7.96. The molecule has 0 radical (unpaired) electrons. The number of aromatic nitrogens is 5. The normalized spacial score (nSPS) is 15.2. The fourth-order valence-corrected chi connectivity index (χ4v) is 3.34. The van der Waals surface area contributed by atoms with Gasteiger partial charge in [0.15, 0.2) is 0 Å². The highest BCUT2D eigenvalue weighted by molar-refractivity contribution is 5.70. The summed E-state index contributed by atoms with van der Waals surface area (Å²) in [6.45, 7) is 0. The third-order valence-electron chi connectivity index (χ3n) is 4.70. The number of hydrogen-bond acceptors (Lipinski definition) is 7. The number of pyridine rings is 1. The number of nitrogens with zero attached hydrogens (tertiary/aromatic N) is 6. The summed E-state index contributed by atoms with van der Waals surface area (Å²) >= 11 is 0. The van der Waals surface area contributed by atoms with Crippen molar-refractivity contribution in [2.75, 3.05) is 11.9 Å². The van der Waals surface area contributed by atoms with Gasteiger partial charge in [0.1, 0.15) is 11.5 Å². The lowest BCUT2D eigenvalue weighted by Crippen LogP contribution is -2.34. The zero-order valence-electron chi connectivity index (χ0n) is 14.2. The van der Waals surface area contributed by atoms with E-state index in [-0.39, 0.29) is 0 Å². The zero-order valence-corrected chi connectivity index (χ0v) is 14.2. The van der Waals surface area contributed by atoms with Crippen LogP contribution in [0.25, 0.3) is 23.0 Å². The summed E-state index contributed by atoms with van der Waals surface area (Å²) in [4.78, 5) is 11.3. The quantitative estimate of drug-likeness (QED) is 0.722. The average molecular weight is 336 g/mol. The van der Waals surface area contributed by atoms with Gasteiger partial charge in [0.05, 0.1) is 5.56 Å². The van der Waals surface area contributed by atoms with E-state index in [1.165, 1.54) is 32.1 Å². The molecule has 0 amide bonds. The SMILES string of the molecule is CN(c1ncccc1-c1nc(-c2cccnn2)no1)C1CCCCC1. The van der Waals surface area contributed by atoms with E-state index in [9.17, 15) is 0 Å². The first-order valence-electron chi connectivity index (χ1n) is 8.63. The fraction of sp³-hybridized carbons (Fsp3) is 0.389. The molecule has 1 fully saturated rings. The first-order valence-corrected chi connectivity index (χ1v) is 8.63. The van der Waals surface area contributed by atoms with Crippen molar-refractivity contribution in [3.63, 3.8) is 0 Å². The van der Waals surface area contributed by atoms with Gasteiger partial charge in [-0.1, -0.05) is 24.4 Å². The van der Waals surface area contributed by atoms with Crippen molar-refractivity contribution < 1.29 is 4.52 Å². The maximum absolute atomic E-state index is 5.49. The average Bonchev–Trinajstić information content (AvgIpc) is 3.19. The van der Waals surface area contributed by atoms with E-state index < -0.39 is 0 Å². The Labute approximate surface area is 146 Å². The molecule has 3 aromatic heterocycles. The molecular weight excluding hydrogens is 316 g/mol. The summed E-state index contributed by atoms with van der Waals surface area (Å²) in [5.74, 6) is 1.76. The largest absolute Gasteiger partial charge is 0.356 e. The molecule has 3 aromatic rings. The van der Waals surface area contributed by atoms with Crippen molar-refractivity contribution in [2.45, 2.75) is 38.1 Å². The van der Waals surface area contributed by atoms with Gasteiger partial charge in [-0.3, -0.25) is 0 Å². The van der Waals surface area contributed by atoms with E-state index in [0.29, 0.717) is 23.5 Å². The van der Waals surface area contributed by atoms with Crippen LogP contribution >= 0.6 is 0 Å². The van der Waals surface area contributed by atoms with Crippen molar-refractivity contribution in [1.82, 2.24) is 25.3 Å². The molecular formula is C18H20N6O. The molecule has 0 saturated heterocycles. The van der Waals surface area contributed by atoms with E-state index in [1.54, 1.807) is 24.5 Å². The van der Waals surface area contributed by atoms with Crippen LogP contribution in [-0.2, 0) is 0 Å². The Bertz CT molecular complexity index is 828. The molecule has 25 heavy (non-hydrogen) atoms. The van der Waals surface area contributed by atoms with Crippen molar-refractivity contribution in [2.24, 2.45) is 0 Å². The molecule has 0 aromatic carbocycles. The van der Waals surface area contributed by atoms with Crippen LogP contribution in [0.5, 0.6) is 0 Å². The highest BCUT2D eigenvalue weighted by Crippen LogP contribution is 2.32. The molecule has 1 aliphatic carbocycles. The predicted molar refractivity (Wildman–Crippen MR) is 93.8 cm³/mol. The molecule has 4 rings (SSSR count). The highest BCUT2D eigenvalue weighted by Gasteiger charge is 2.23. The Kier molecular flexibility index (Phi) is 4.37. The van der Waals surface area contributed by atoms with Gasteiger partial charge < -0.3 is 9.42 Å². The van der Waals surface area contributed by atoms with Gasteiger partial charge in [-0.05, 0) is 37.1 Å². The molecule has 1 aliphatic rings. The number of anilines is 1. The second-order valence-corrected chi connectivity index (χ2v) is 6.31. The Morgan fingerprint density at radius 3 is 2.72 bits per heavy atom. The fourth-order valence-electron chi connectivity index (χ4n) is 3.34. The molecule has 0 aliphatic heterocycles. The third kappa shape index (κ3) is 3.22. The molecule has 128 valence electrons. The predicted octanol–water partition coefficient (Wildman–Crippen LogP) is 3.36. The van der Waals surface area contributed by atoms with Gasteiger partial charge in [0.2, 0.25) is 5.82 Å². The van der Waals surface area contributed by atoms with Gasteiger partial charge in [-0.25, -0.2) is 4.98 Å². The molecule has 0 spiro atoms. The molecule has 0 bridgehead atoms. The lowest BCUT2D eigenvalue weighted by Gasteiger charge is -2.32. The van der Waals surface area contributed by atoms with Crippen LogP contribution < -0.4 is 4.90 Å². The second kappa shape index (κ2) is 6.96. The monoisotopic (exact) mass is 336 g/mol. The lowest BCUT2D eigenvalue weighted by atomic mass is 9.94. The zero-order chi connectivity index (χ0) is 17.1. The van der Waals surface area contributed by atoms with Gasteiger partial charge in [0, 0.05) is 25.5 Å². The van der Waals surface area contributed by atoms with Gasteiger partial charge in [0.25, 0.3) is 5.89 Å². The maximum atomic E-state index is 5.49. The summed E-state index contributed by atoms with van der Waals surface area (Å²) in [6.07, 6.45) is 9.68. The van der Waals surface area contributed by atoms with Crippen LogP contribution in [0.3, 0.4) is 0 Å². The van der Waals surface area contributed by atoms with Crippen LogP contribution in [0.1, 0.15) is 32.1 Å². The molecule has 7 nitrogen and oxygen atoms in total. The van der Waals surface area contributed by atoms with Crippen LogP contribution in [0.4, 0.5) is 5.82 Å². The minimum absolute atomic E-state index is 0.429. The highest BCUT2D eigenvalue weighted by atomic mass is 16.5. The molecule has 0 atom stereocenters. The van der Waals surface area contributed by atoms with Gasteiger partial charge in [-0.15, -0.1) is 5.10 Å². The Morgan fingerprint density at radius 1 is 1.08 bits per heavy atom. The van der Waals surface area contributed by atoms with Gasteiger partial charge in [-0.2, -0.15) is 10.1 Å². The number of hydrogen-bond donors (Lipinski definition) is 0. The van der Waals surface area contributed by atoms with Crippen molar-refractivity contribution in [1.29, 1.82) is 0 Å². The Hall–Kier alpha value is -2.83. The van der Waals surface area contributed by atoms with Crippen molar-refractivity contribution in [3.8, 4) is 23.0 Å². The molecule has 3 heterocycles. The smallest absolute Gasteiger partial charge is 0.262 e. The third-order valence-corrected chi connectivity index (χ3v) is 4.70. The first-order chi connectivity index (χ1) is 12.3.